The molecule has 1 aliphatic heterocycles. The molecule has 15 heavy (non-hydrogen) atoms. The molecular weight excluding hydrogens is 196 g/mol. The number of rotatable bonds is 4. The van der Waals surface area contributed by atoms with Crippen molar-refractivity contribution in [1.29, 1.82) is 0 Å². The minimum Gasteiger partial charge on any atom is -0.425 e. The van der Waals surface area contributed by atoms with Gasteiger partial charge in [0.1, 0.15) is 0 Å². The summed E-state index contributed by atoms with van der Waals surface area (Å²) in [4.78, 5) is 23.1. The largest absolute Gasteiger partial charge is 0.425 e. The van der Waals surface area contributed by atoms with E-state index >= 15 is 0 Å². The second kappa shape index (κ2) is 6.06. The number of hydrogen-bond donors (Lipinski definition) is 1. The molecule has 0 bridgehead atoms. The molecule has 5 heteroatoms. The maximum absolute atomic E-state index is 11.2. The number of likely N-dealkylation sites (tertiary alicyclic amines) is 1. The first-order valence-corrected chi connectivity index (χ1v) is 4.97. The fraction of sp³-hybridized carbons (Fsp3) is 0.600. The normalized spacial score (nSPS) is 20.5. The summed E-state index contributed by atoms with van der Waals surface area (Å²) in [6, 6.07) is 0. The number of nitrogens with one attached hydrogen (secondary N) is 1. The van der Waals surface area contributed by atoms with E-state index in [0.717, 1.165) is 12.8 Å². The summed E-state index contributed by atoms with van der Waals surface area (Å²) in [5.41, 5.74) is 0. The minimum atomic E-state index is -0.526. The Kier molecular flexibility index (Phi) is 4.66. The van der Waals surface area contributed by atoms with Gasteiger partial charge in [0.2, 0.25) is 0 Å². The summed E-state index contributed by atoms with van der Waals surface area (Å²) < 4.78 is 5.06. The first kappa shape index (κ1) is 11.6. The average Bonchev–Trinajstić information content (AvgIpc) is 2.27. The van der Waals surface area contributed by atoms with E-state index < -0.39 is 12.3 Å². The van der Waals surface area contributed by atoms with Gasteiger partial charge in [-0.3, -0.25) is 9.69 Å². The molecule has 0 spiro atoms. The zero-order valence-electron chi connectivity index (χ0n) is 8.57. The molecule has 1 saturated heterocycles. The Hall–Kier alpha value is -1.52. The molecule has 1 unspecified atom stereocenters. The molecule has 1 heterocycles. The van der Waals surface area contributed by atoms with Gasteiger partial charge in [-0.05, 0) is 12.8 Å². The van der Waals surface area contributed by atoms with Crippen molar-refractivity contribution >= 4 is 12.5 Å². The molecule has 0 aromatic carbocycles. The lowest BCUT2D eigenvalue weighted by Gasteiger charge is -2.30. The van der Waals surface area contributed by atoms with Crippen molar-refractivity contribution in [3.8, 4) is 0 Å². The fourth-order valence-corrected chi connectivity index (χ4v) is 1.45. The molecule has 1 aliphatic rings. The van der Waals surface area contributed by atoms with Crippen LogP contribution in [0.4, 0.5) is 4.79 Å². The van der Waals surface area contributed by atoms with Crippen molar-refractivity contribution in [3.63, 3.8) is 0 Å². The first-order chi connectivity index (χ1) is 7.27. The van der Waals surface area contributed by atoms with Crippen LogP contribution in [0, 0.1) is 0 Å². The van der Waals surface area contributed by atoms with Crippen molar-refractivity contribution < 1.29 is 14.3 Å². The summed E-state index contributed by atoms with van der Waals surface area (Å²) in [5, 5.41) is 2.49. The van der Waals surface area contributed by atoms with Gasteiger partial charge in [-0.1, -0.05) is 6.08 Å². The molecule has 0 aromatic heterocycles. The van der Waals surface area contributed by atoms with Gasteiger partial charge in [-0.25, -0.2) is 4.79 Å². The van der Waals surface area contributed by atoms with Crippen LogP contribution in [-0.4, -0.2) is 36.7 Å². The Morgan fingerprint density at radius 2 is 2.47 bits per heavy atom. The van der Waals surface area contributed by atoms with Gasteiger partial charge in [0.05, 0.1) is 0 Å². The Bertz CT molecular complexity index is 243. The van der Waals surface area contributed by atoms with E-state index in [-0.39, 0.29) is 0 Å². The average molecular weight is 211 g/mol. The number of hydrogen-bond acceptors (Lipinski definition) is 3. The van der Waals surface area contributed by atoms with E-state index in [1.54, 1.807) is 12.5 Å². The summed E-state index contributed by atoms with van der Waals surface area (Å²) in [6.07, 6.45) is 4.90. The molecule has 1 N–H and O–H groups in total. The Labute approximate surface area is 89.1 Å². The Morgan fingerprint density at radius 1 is 1.67 bits per heavy atom. The Morgan fingerprint density at radius 3 is 3.13 bits per heavy atom. The van der Waals surface area contributed by atoms with E-state index in [0.29, 0.717) is 19.5 Å². The van der Waals surface area contributed by atoms with Crippen LogP contribution in [0.15, 0.2) is 12.7 Å². The lowest BCUT2D eigenvalue weighted by atomic mass is 10.1. The summed E-state index contributed by atoms with van der Waals surface area (Å²) in [6.45, 7) is 4.43. The van der Waals surface area contributed by atoms with Crippen LogP contribution >= 0.6 is 0 Å². The quantitative estimate of drug-likeness (QED) is 0.699. The second-order valence-electron chi connectivity index (χ2n) is 3.31. The van der Waals surface area contributed by atoms with Crippen molar-refractivity contribution in [1.82, 2.24) is 10.2 Å². The number of ether oxygens (including phenoxy) is 1. The minimum absolute atomic E-state index is 0.357. The topological polar surface area (TPSA) is 58.6 Å². The zero-order chi connectivity index (χ0) is 11.1. The molecule has 83 valence electrons. The van der Waals surface area contributed by atoms with Gasteiger partial charge in [0.25, 0.3) is 0 Å². The third-order valence-corrected chi connectivity index (χ3v) is 2.20. The van der Waals surface area contributed by atoms with Crippen molar-refractivity contribution in [2.45, 2.75) is 25.5 Å². The second-order valence-corrected chi connectivity index (χ2v) is 3.31. The summed E-state index contributed by atoms with van der Waals surface area (Å²) >= 11 is 0. The number of alkyl carbamates (subject to hydrolysis) is 1. The highest BCUT2D eigenvalue weighted by molar-refractivity contribution is 5.67. The van der Waals surface area contributed by atoms with Crippen LogP contribution in [0.3, 0.4) is 0 Å². The van der Waals surface area contributed by atoms with Gasteiger partial charge >= 0.3 is 12.5 Å². The predicted octanol–water partition coefficient (Wildman–Crippen LogP) is 0.778. The van der Waals surface area contributed by atoms with E-state index in [4.69, 9.17) is 4.74 Å². The third-order valence-electron chi connectivity index (χ3n) is 2.20. The highest BCUT2D eigenvalue weighted by Gasteiger charge is 2.24. The molecule has 0 aromatic rings. The van der Waals surface area contributed by atoms with Crippen molar-refractivity contribution in [2.75, 3.05) is 13.1 Å². The van der Waals surface area contributed by atoms with E-state index in [1.165, 1.54) is 4.90 Å². The summed E-state index contributed by atoms with van der Waals surface area (Å²) in [5.74, 6) is 0. The van der Waals surface area contributed by atoms with Crippen LogP contribution < -0.4 is 5.32 Å². The summed E-state index contributed by atoms with van der Waals surface area (Å²) in [7, 11) is 0. The molecule has 1 rings (SSSR count). The van der Waals surface area contributed by atoms with Crippen LogP contribution in [0.2, 0.25) is 0 Å². The SMILES string of the molecule is C=CCNC(=O)OC1CCCCN1[C]=O. The van der Waals surface area contributed by atoms with Crippen LogP contribution in [0.5, 0.6) is 0 Å². The number of nitrogens with zero attached hydrogens (tertiary/aromatic N) is 1. The van der Waals surface area contributed by atoms with Gasteiger partial charge < -0.3 is 10.1 Å². The third kappa shape index (κ3) is 3.61. The Balaban J connectivity index is 2.37. The molecule has 0 aliphatic carbocycles. The predicted molar refractivity (Wildman–Crippen MR) is 54.7 cm³/mol. The number of carbonyl (C=O) groups is 1. The smallest absolute Gasteiger partial charge is 0.409 e. The molecule has 0 saturated carbocycles. The lowest BCUT2D eigenvalue weighted by molar-refractivity contribution is 0.00133. The standard InChI is InChI=1S/C10H15N2O3/c1-2-6-11-10(14)15-9-5-3-4-7-12(9)8-13/h2,9H,1,3-7H2,(H,11,14). The molecule has 1 atom stereocenters. The maximum Gasteiger partial charge on any atom is 0.409 e. The van der Waals surface area contributed by atoms with Gasteiger partial charge in [0, 0.05) is 19.5 Å². The fourth-order valence-electron chi connectivity index (χ4n) is 1.45. The van der Waals surface area contributed by atoms with E-state index in [2.05, 4.69) is 11.9 Å². The molecule has 1 radical (unpaired) electrons. The van der Waals surface area contributed by atoms with Crippen LogP contribution in [0.1, 0.15) is 19.3 Å². The number of carbonyl (C=O) groups excluding carboxylic acids is 2. The zero-order valence-corrected chi connectivity index (χ0v) is 8.57. The van der Waals surface area contributed by atoms with E-state index in [9.17, 15) is 9.59 Å². The highest BCUT2D eigenvalue weighted by atomic mass is 16.6. The molecule has 1 fully saturated rings. The number of amides is 2. The van der Waals surface area contributed by atoms with Gasteiger partial charge in [-0.15, -0.1) is 6.58 Å². The maximum atomic E-state index is 11.2. The van der Waals surface area contributed by atoms with E-state index in [1.807, 2.05) is 0 Å². The first-order valence-electron chi connectivity index (χ1n) is 4.97. The molecule has 2 amide bonds. The number of piperidine rings is 1. The van der Waals surface area contributed by atoms with Crippen LogP contribution in [0.25, 0.3) is 0 Å². The lowest BCUT2D eigenvalue weighted by Crippen LogP contribution is -2.43. The highest BCUT2D eigenvalue weighted by Crippen LogP contribution is 2.16. The monoisotopic (exact) mass is 211 g/mol. The molecular formula is C10H15N2O3. The molecule has 5 nitrogen and oxygen atoms in total. The van der Waals surface area contributed by atoms with Gasteiger partial charge in [-0.2, -0.15) is 0 Å². The van der Waals surface area contributed by atoms with Gasteiger partial charge in [0.15, 0.2) is 6.23 Å². The van der Waals surface area contributed by atoms with Crippen LogP contribution in [-0.2, 0) is 9.53 Å². The van der Waals surface area contributed by atoms with Crippen molar-refractivity contribution in [2.24, 2.45) is 0 Å². The van der Waals surface area contributed by atoms with Crippen molar-refractivity contribution in [3.05, 3.63) is 12.7 Å².